The van der Waals surface area contributed by atoms with E-state index in [1.54, 1.807) is 13.2 Å². The topological polar surface area (TPSA) is 21.3 Å². The first-order valence-corrected chi connectivity index (χ1v) is 7.11. The van der Waals surface area contributed by atoms with E-state index in [1.807, 2.05) is 26.1 Å². The number of benzene rings is 1. The van der Waals surface area contributed by atoms with Gasteiger partial charge in [-0.1, -0.05) is 37.0 Å². The summed E-state index contributed by atoms with van der Waals surface area (Å²) in [4.78, 5) is 0. The molecule has 1 fully saturated rings. The van der Waals surface area contributed by atoms with Crippen LogP contribution in [0.3, 0.4) is 0 Å². The summed E-state index contributed by atoms with van der Waals surface area (Å²) < 4.78 is 20.0. The summed E-state index contributed by atoms with van der Waals surface area (Å²) in [6.07, 6.45) is 5.53. The van der Waals surface area contributed by atoms with Gasteiger partial charge in [0.15, 0.2) is 0 Å². The van der Waals surface area contributed by atoms with Crippen LogP contribution in [-0.2, 0) is 4.74 Å². The Morgan fingerprint density at radius 1 is 1.26 bits per heavy atom. The second kappa shape index (κ2) is 6.02. The monoisotopic (exact) mass is 265 g/mol. The predicted octanol–water partition coefficient (Wildman–Crippen LogP) is 3.74. The molecule has 0 bridgehead atoms. The van der Waals surface area contributed by atoms with Gasteiger partial charge in [-0.15, -0.1) is 0 Å². The standard InChI is InChI=1S/C16H24FNO/c1-12-7-8-14(17)13(11-12)15(18-2)16(19-3)9-5-4-6-10-16/h7-8,11,15,18H,4-6,9-10H2,1-3H3. The Kier molecular flexibility index (Phi) is 4.58. The predicted molar refractivity (Wildman–Crippen MR) is 75.8 cm³/mol. The second-order valence-corrected chi connectivity index (χ2v) is 5.58. The lowest BCUT2D eigenvalue weighted by molar-refractivity contribution is -0.0678. The molecule has 1 aliphatic rings. The molecule has 106 valence electrons. The second-order valence-electron chi connectivity index (χ2n) is 5.58. The third-order valence-electron chi connectivity index (χ3n) is 4.38. The average molecular weight is 265 g/mol. The SMILES string of the molecule is CNC(c1cc(C)ccc1F)C1(OC)CCCCC1. The Morgan fingerprint density at radius 2 is 1.95 bits per heavy atom. The van der Waals surface area contributed by atoms with E-state index in [1.165, 1.54) is 6.42 Å². The minimum Gasteiger partial charge on any atom is -0.376 e. The van der Waals surface area contributed by atoms with Crippen molar-refractivity contribution in [3.05, 3.63) is 35.1 Å². The van der Waals surface area contributed by atoms with Crippen molar-refractivity contribution in [3.8, 4) is 0 Å². The number of hydrogen-bond acceptors (Lipinski definition) is 2. The number of ether oxygens (including phenoxy) is 1. The Morgan fingerprint density at radius 3 is 2.53 bits per heavy atom. The highest BCUT2D eigenvalue weighted by Gasteiger charge is 2.41. The maximum Gasteiger partial charge on any atom is 0.128 e. The first-order chi connectivity index (χ1) is 9.13. The molecular weight excluding hydrogens is 241 g/mol. The van der Waals surface area contributed by atoms with Crippen LogP contribution in [0, 0.1) is 12.7 Å². The Bertz CT molecular complexity index is 427. The molecule has 0 saturated heterocycles. The minimum atomic E-state index is -0.276. The van der Waals surface area contributed by atoms with Gasteiger partial charge in [-0.3, -0.25) is 0 Å². The molecule has 0 spiro atoms. The van der Waals surface area contributed by atoms with E-state index in [2.05, 4.69) is 5.32 Å². The Labute approximate surface area is 115 Å². The van der Waals surface area contributed by atoms with Crippen LogP contribution < -0.4 is 5.32 Å². The molecule has 1 N–H and O–H groups in total. The van der Waals surface area contributed by atoms with Crippen molar-refractivity contribution in [3.63, 3.8) is 0 Å². The fourth-order valence-corrected chi connectivity index (χ4v) is 3.35. The summed E-state index contributed by atoms with van der Waals surface area (Å²) >= 11 is 0. The van der Waals surface area contributed by atoms with E-state index in [9.17, 15) is 4.39 Å². The highest BCUT2D eigenvalue weighted by Crippen LogP contribution is 2.41. The van der Waals surface area contributed by atoms with Crippen molar-refractivity contribution >= 4 is 0 Å². The molecule has 0 radical (unpaired) electrons. The van der Waals surface area contributed by atoms with E-state index in [0.29, 0.717) is 0 Å². The summed E-state index contributed by atoms with van der Waals surface area (Å²) in [5.74, 6) is -0.146. The number of nitrogens with one attached hydrogen (secondary N) is 1. The molecule has 19 heavy (non-hydrogen) atoms. The zero-order valence-corrected chi connectivity index (χ0v) is 12.1. The quantitative estimate of drug-likeness (QED) is 0.895. The number of methoxy groups -OCH3 is 1. The molecule has 1 aliphatic carbocycles. The van der Waals surface area contributed by atoms with Crippen LogP contribution in [0.5, 0.6) is 0 Å². The third kappa shape index (κ3) is 2.82. The van der Waals surface area contributed by atoms with Gasteiger partial charge in [0, 0.05) is 12.7 Å². The summed E-state index contributed by atoms with van der Waals surface area (Å²) in [5.41, 5.74) is 1.53. The van der Waals surface area contributed by atoms with Crippen molar-refractivity contribution in [2.75, 3.05) is 14.2 Å². The molecule has 0 amide bonds. The van der Waals surface area contributed by atoms with Crippen LogP contribution in [0.15, 0.2) is 18.2 Å². The van der Waals surface area contributed by atoms with Crippen LogP contribution >= 0.6 is 0 Å². The lowest BCUT2D eigenvalue weighted by Crippen LogP contribution is -2.46. The number of aryl methyl sites for hydroxylation is 1. The fourth-order valence-electron chi connectivity index (χ4n) is 3.35. The summed E-state index contributed by atoms with van der Waals surface area (Å²) in [7, 11) is 3.64. The van der Waals surface area contributed by atoms with Crippen molar-refractivity contribution < 1.29 is 9.13 Å². The fraction of sp³-hybridized carbons (Fsp3) is 0.625. The molecule has 1 aromatic rings. The van der Waals surface area contributed by atoms with E-state index in [0.717, 1.165) is 36.8 Å². The highest BCUT2D eigenvalue weighted by atomic mass is 19.1. The lowest BCUT2D eigenvalue weighted by atomic mass is 9.76. The molecule has 3 heteroatoms. The highest BCUT2D eigenvalue weighted by molar-refractivity contribution is 5.29. The van der Waals surface area contributed by atoms with Crippen molar-refractivity contribution in [1.82, 2.24) is 5.32 Å². The van der Waals surface area contributed by atoms with Crippen LogP contribution in [0.25, 0.3) is 0 Å². The number of rotatable bonds is 4. The van der Waals surface area contributed by atoms with Crippen LogP contribution in [-0.4, -0.2) is 19.8 Å². The van der Waals surface area contributed by atoms with Crippen molar-refractivity contribution in [1.29, 1.82) is 0 Å². The lowest BCUT2D eigenvalue weighted by Gasteiger charge is -2.42. The smallest absolute Gasteiger partial charge is 0.128 e. The first-order valence-electron chi connectivity index (χ1n) is 7.11. The Hall–Kier alpha value is -0.930. The summed E-state index contributed by atoms with van der Waals surface area (Å²) in [5, 5.41) is 3.28. The van der Waals surface area contributed by atoms with Crippen molar-refractivity contribution in [2.24, 2.45) is 0 Å². The maximum atomic E-state index is 14.2. The van der Waals surface area contributed by atoms with Crippen LogP contribution in [0.2, 0.25) is 0 Å². The zero-order chi connectivity index (χ0) is 13.9. The molecule has 1 aromatic carbocycles. The Balaban J connectivity index is 2.39. The molecule has 2 rings (SSSR count). The van der Waals surface area contributed by atoms with E-state index < -0.39 is 0 Å². The van der Waals surface area contributed by atoms with E-state index in [-0.39, 0.29) is 17.5 Å². The summed E-state index contributed by atoms with van der Waals surface area (Å²) in [6, 6.07) is 5.22. The third-order valence-corrected chi connectivity index (χ3v) is 4.38. The largest absolute Gasteiger partial charge is 0.376 e. The molecule has 0 heterocycles. The van der Waals surface area contributed by atoms with Gasteiger partial charge in [0.25, 0.3) is 0 Å². The molecule has 2 nitrogen and oxygen atoms in total. The first kappa shape index (κ1) is 14.5. The van der Waals surface area contributed by atoms with Gasteiger partial charge in [-0.05, 0) is 32.9 Å². The number of hydrogen-bond donors (Lipinski definition) is 1. The molecule has 1 atom stereocenters. The van der Waals surface area contributed by atoms with Crippen molar-refractivity contribution in [2.45, 2.75) is 50.7 Å². The number of likely N-dealkylation sites (N-methyl/N-ethyl adjacent to an activating group) is 1. The van der Waals surface area contributed by atoms with Gasteiger partial charge < -0.3 is 10.1 Å². The normalized spacial score (nSPS) is 20.2. The van der Waals surface area contributed by atoms with Gasteiger partial charge in [-0.2, -0.15) is 0 Å². The van der Waals surface area contributed by atoms with E-state index >= 15 is 0 Å². The molecule has 0 aliphatic heterocycles. The van der Waals surface area contributed by atoms with Gasteiger partial charge in [0.1, 0.15) is 5.82 Å². The van der Waals surface area contributed by atoms with Crippen LogP contribution in [0.4, 0.5) is 4.39 Å². The molecule has 1 saturated carbocycles. The summed E-state index contributed by atoms with van der Waals surface area (Å²) in [6.45, 7) is 2.00. The minimum absolute atomic E-state index is 0.0855. The van der Waals surface area contributed by atoms with Gasteiger partial charge in [-0.25, -0.2) is 4.39 Å². The number of halogens is 1. The van der Waals surface area contributed by atoms with Gasteiger partial charge in [0.2, 0.25) is 0 Å². The van der Waals surface area contributed by atoms with E-state index in [4.69, 9.17) is 4.74 Å². The average Bonchev–Trinajstić information content (AvgIpc) is 2.44. The van der Waals surface area contributed by atoms with Crippen LogP contribution in [0.1, 0.15) is 49.3 Å². The van der Waals surface area contributed by atoms with Gasteiger partial charge >= 0.3 is 0 Å². The molecule has 1 unspecified atom stereocenters. The molecular formula is C16H24FNO. The molecule has 0 aromatic heterocycles. The van der Waals surface area contributed by atoms with Gasteiger partial charge in [0.05, 0.1) is 11.6 Å². The zero-order valence-electron chi connectivity index (χ0n) is 12.1. The maximum absolute atomic E-state index is 14.2.